The van der Waals surface area contributed by atoms with Crippen LogP contribution in [0, 0.1) is 0 Å². The zero-order valence-electron chi connectivity index (χ0n) is 15.0. The van der Waals surface area contributed by atoms with Crippen molar-refractivity contribution in [1.82, 2.24) is 14.5 Å². The van der Waals surface area contributed by atoms with Crippen molar-refractivity contribution in [2.75, 3.05) is 11.1 Å². The zero-order valence-corrected chi connectivity index (χ0v) is 15.0. The highest BCUT2D eigenvalue weighted by Gasteiger charge is 2.11. The van der Waals surface area contributed by atoms with Crippen LogP contribution in [0.3, 0.4) is 0 Å². The van der Waals surface area contributed by atoms with Gasteiger partial charge < -0.3 is 15.6 Å². The van der Waals surface area contributed by atoms with E-state index in [1.807, 2.05) is 18.2 Å². The smallest absolute Gasteiger partial charge is 0.141 e. The van der Waals surface area contributed by atoms with Crippen LogP contribution in [0.1, 0.15) is 6.92 Å². The molecule has 132 valence electrons. The maximum absolute atomic E-state index is 5.95. The lowest BCUT2D eigenvalue weighted by molar-refractivity contribution is 0.827. The van der Waals surface area contributed by atoms with Crippen LogP contribution >= 0.6 is 0 Å². The van der Waals surface area contributed by atoms with E-state index in [1.54, 1.807) is 6.33 Å². The van der Waals surface area contributed by atoms with Gasteiger partial charge in [0.2, 0.25) is 0 Å². The number of nitrogens with two attached hydrogens (primary N) is 1. The number of nitrogens with zero attached hydrogens (tertiary/aromatic N) is 3. The van der Waals surface area contributed by atoms with E-state index in [0.717, 1.165) is 29.0 Å². The molecule has 2 aromatic heterocycles. The lowest BCUT2D eigenvalue weighted by Crippen LogP contribution is -1.97. The molecule has 0 saturated carbocycles. The number of nitrogens with one attached hydrogen (secondary N) is 1. The number of para-hydroxylation sites is 1. The maximum atomic E-state index is 5.95. The van der Waals surface area contributed by atoms with Crippen molar-refractivity contribution in [3.05, 3.63) is 67.0 Å². The van der Waals surface area contributed by atoms with Crippen LogP contribution in [0.25, 0.3) is 32.7 Å². The Labute approximate surface area is 156 Å². The van der Waals surface area contributed by atoms with Crippen LogP contribution in [0.4, 0.5) is 17.2 Å². The van der Waals surface area contributed by atoms with Crippen molar-refractivity contribution >= 4 is 49.9 Å². The number of fused-ring (bicyclic) bond motifs is 4. The first-order valence-corrected chi connectivity index (χ1v) is 9.03. The first kappa shape index (κ1) is 15.6. The lowest BCUT2D eigenvalue weighted by atomic mass is 10.1. The Hall–Kier alpha value is -3.60. The number of anilines is 3. The second-order valence-corrected chi connectivity index (χ2v) is 6.62. The highest BCUT2D eigenvalue weighted by molar-refractivity contribution is 6.09. The van der Waals surface area contributed by atoms with Crippen LogP contribution in [-0.4, -0.2) is 14.5 Å². The van der Waals surface area contributed by atoms with Gasteiger partial charge in [0.25, 0.3) is 0 Å². The lowest BCUT2D eigenvalue weighted by Gasteiger charge is -2.09. The van der Waals surface area contributed by atoms with E-state index in [0.29, 0.717) is 5.69 Å². The van der Waals surface area contributed by atoms with Gasteiger partial charge >= 0.3 is 0 Å². The van der Waals surface area contributed by atoms with Crippen molar-refractivity contribution in [2.45, 2.75) is 13.5 Å². The molecule has 0 aliphatic carbocycles. The number of benzene rings is 3. The second kappa shape index (κ2) is 5.99. The first-order valence-electron chi connectivity index (χ1n) is 9.03. The summed E-state index contributed by atoms with van der Waals surface area (Å²) in [6, 6.07) is 20.6. The Morgan fingerprint density at radius 2 is 1.74 bits per heavy atom. The van der Waals surface area contributed by atoms with Crippen molar-refractivity contribution in [1.29, 1.82) is 0 Å². The fourth-order valence-corrected chi connectivity index (χ4v) is 3.78. The van der Waals surface area contributed by atoms with Crippen molar-refractivity contribution < 1.29 is 0 Å². The predicted molar refractivity (Wildman–Crippen MR) is 112 cm³/mol. The molecule has 3 aromatic carbocycles. The number of hydrogen-bond acceptors (Lipinski definition) is 4. The van der Waals surface area contributed by atoms with Crippen molar-refractivity contribution in [2.24, 2.45) is 0 Å². The first-order chi connectivity index (χ1) is 13.2. The van der Waals surface area contributed by atoms with E-state index < -0.39 is 0 Å². The van der Waals surface area contributed by atoms with Gasteiger partial charge in [0.15, 0.2) is 0 Å². The highest BCUT2D eigenvalue weighted by atomic mass is 15.0. The normalized spacial score (nSPS) is 11.4. The van der Waals surface area contributed by atoms with Gasteiger partial charge in [-0.2, -0.15) is 0 Å². The summed E-state index contributed by atoms with van der Waals surface area (Å²) >= 11 is 0. The van der Waals surface area contributed by atoms with Gasteiger partial charge in [-0.15, -0.1) is 0 Å². The fraction of sp³-hybridized carbons (Fsp3) is 0.0909. The third kappa shape index (κ3) is 2.47. The molecule has 0 amide bonds. The van der Waals surface area contributed by atoms with E-state index >= 15 is 0 Å². The van der Waals surface area contributed by atoms with E-state index in [-0.39, 0.29) is 0 Å². The van der Waals surface area contributed by atoms with Gasteiger partial charge in [-0.05, 0) is 49.4 Å². The SMILES string of the molecule is CCn1c2ccccc2c2cc(Nc3ncnc4ccc(N)cc34)ccc21. The second-order valence-electron chi connectivity index (χ2n) is 6.62. The minimum absolute atomic E-state index is 0.696. The van der Waals surface area contributed by atoms with Crippen LogP contribution in [-0.2, 0) is 6.54 Å². The molecule has 0 radical (unpaired) electrons. The monoisotopic (exact) mass is 353 g/mol. The van der Waals surface area contributed by atoms with Gasteiger partial charge in [0.05, 0.1) is 5.52 Å². The molecule has 2 heterocycles. The van der Waals surface area contributed by atoms with Gasteiger partial charge in [-0.25, -0.2) is 9.97 Å². The van der Waals surface area contributed by atoms with Gasteiger partial charge in [-0.3, -0.25) is 0 Å². The molecule has 0 aliphatic rings. The summed E-state index contributed by atoms with van der Waals surface area (Å²) in [7, 11) is 0. The predicted octanol–water partition coefficient (Wildman–Crippen LogP) is 5.08. The van der Waals surface area contributed by atoms with Crippen LogP contribution in [0.2, 0.25) is 0 Å². The summed E-state index contributed by atoms with van der Waals surface area (Å²) in [6.07, 6.45) is 1.57. The van der Waals surface area contributed by atoms with Gasteiger partial charge in [0, 0.05) is 45.1 Å². The number of aromatic nitrogens is 3. The summed E-state index contributed by atoms with van der Waals surface area (Å²) in [6.45, 7) is 3.11. The number of rotatable bonds is 3. The Morgan fingerprint density at radius 1 is 0.889 bits per heavy atom. The van der Waals surface area contributed by atoms with Crippen molar-refractivity contribution in [3.63, 3.8) is 0 Å². The summed E-state index contributed by atoms with van der Waals surface area (Å²) in [4.78, 5) is 8.74. The number of hydrogen-bond donors (Lipinski definition) is 2. The molecule has 0 aliphatic heterocycles. The Bertz CT molecular complexity index is 1300. The molecule has 0 bridgehead atoms. The molecule has 5 heteroatoms. The third-order valence-electron chi connectivity index (χ3n) is 5.01. The highest BCUT2D eigenvalue weighted by Crippen LogP contribution is 2.32. The van der Waals surface area contributed by atoms with Crippen molar-refractivity contribution in [3.8, 4) is 0 Å². The van der Waals surface area contributed by atoms with Crippen LogP contribution in [0.15, 0.2) is 67.0 Å². The molecule has 5 aromatic rings. The third-order valence-corrected chi connectivity index (χ3v) is 5.01. The molecule has 0 fully saturated rings. The summed E-state index contributed by atoms with van der Waals surface area (Å²) in [5.41, 5.74) is 11.0. The Kier molecular flexibility index (Phi) is 3.47. The van der Waals surface area contributed by atoms with Gasteiger partial charge in [0.1, 0.15) is 12.1 Å². The maximum Gasteiger partial charge on any atom is 0.141 e. The zero-order chi connectivity index (χ0) is 18.4. The average Bonchev–Trinajstić information content (AvgIpc) is 3.01. The standard InChI is InChI=1S/C22H19N5/c1-2-27-20-6-4-3-5-16(20)17-12-15(8-10-21(17)27)26-22-18-11-14(23)7-9-19(18)24-13-25-22/h3-13H,2,23H2,1H3,(H,24,25,26). The Morgan fingerprint density at radius 3 is 2.63 bits per heavy atom. The molecule has 0 saturated heterocycles. The average molecular weight is 353 g/mol. The minimum Gasteiger partial charge on any atom is -0.399 e. The van der Waals surface area contributed by atoms with E-state index in [9.17, 15) is 0 Å². The van der Waals surface area contributed by atoms with E-state index in [4.69, 9.17) is 5.73 Å². The molecule has 0 spiro atoms. The summed E-state index contributed by atoms with van der Waals surface area (Å²) in [5, 5.41) is 6.84. The largest absolute Gasteiger partial charge is 0.399 e. The van der Waals surface area contributed by atoms with E-state index in [1.165, 1.54) is 21.8 Å². The molecular weight excluding hydrogens is 334 g/mol. The quantitative estimate of drug-likeness (QED) is 0.444. The molecule has 5 rings (SSSR count). The molecule has 27 heavy (non-hydrogen) atoms. The van der Waals surface area contributed by atoms with E-state index in [2.05, 4.69) is 69.2 Å². The van der Waals surface area contributed by atoms with Crippen LogP contribution < -0.4 is 11.1 Å². The molecule has 3 N–H and O–H groups in total. The van der Waals surface area contributed by atoms with Crippen LogP contribution in [0.5, 0.6) is 0 Å². The number of nitrogen functional groups attached to an aromatic ring is 1. The molecule has 0 unspecified atom stereocenters. The topological polar surface area (TPSA) is 68.8 Å². The fourth-order valence-electron chi connectivity index (χ4n) is 3.78. The number of aryl methyl sites for hydroxylation is 1. The molecule has 0 atom stereocenters. The molecule has 5 nitrogen and oxygen atoms in total. The summed E-state index contributed by atoms with van der Waals surface area (Å²) < 4.78 is 2.34. The molecular formula is C22H19N5. The minimum atomic E-state index is 0.696. The Balaban J connectivity index is 1.67. The van der Waals surface area contributed by atoms with Gasteiger partial charge in [-0.1, -0.05) is 18.2 Å². The summed E-state index contributed by atoms with van der Waals surface area (Å²) in [5.74, 6) is 0.755.